The van der Waals surface area contributed by atoms with Crippen molar-refractivity contribution in [2.45, 2.75) is 20.3 Å². The van der Waals surface area contributed by atoms with Gasteiger partial charge in [-0.25, -0.2) is 4.79 Å². The summed E-state index contributed by atoms with van der Waals surface area (Å²) in [7, 11) is 0. The van der Waals surface area contributed by atoms with Crippen molar-refractivity contribution < 1.29 is 14.7 Å². The summed E-state index contributed by atoms with van der Waals surface area (Å²) in [5, 5.41) is 11.8. The van der Waals surface area contributed by atoms with E-state index in [-0.39, 0.29) is 17.4 Å². The molecule has 2 atom stereocenters. The molecule has 0 unspecified atom stereocenters. The molecule has 1 aromatic rings. The van der Waals surface area contributed by atoms with Gasteiger partial charge in [-0.05, 0) is 52.9 Å². The number of benzene rings is 1. The van der Waals surface area contributed by atoms with E-state index in [1.807, 2.05) is 13.8 Å². The topological polar surface area (TPSA) is 66.4 Å². The molecular weight excluding hydrogens is 298 g/mol. The molecular formula is C13H14BrNO3. The lowest BCUT2D eigenvalue weighted by atomic mass is 10.1. The number of hydrogen-bond acceptors (Lipinski definition) is 2. The monoisotopic (exact) mass is 311 g/mol. The van der Waals surface area contributed by atoms with Crippen molar-refractivity contribution in [2.75, 3.05) is 5.32 Å². The van der Waals surface area contributed by atoms with Gasteiger partial charge in [-0.3, -0.25) is 4.79 Å². The minimum Gasteiger partial charge on any atom is -0.478 e. The van der Waals surface area contributed by atoms with Crippen LogP contribution in [0.5, 0.6) is 0 Å². The van der Waals surface area contributed by atoms with Crippen LogP contribution in [0.1, 0.15) is 29.3 Å². The predicted molar refractivity (Wildman–Crippen MR) is 71.7 cm³/mol. The summed E-state index contributed by atoms with van der Waals surface area (Å²) in [6, 6.07) is 3.20. The molecule has 1 aliphatic rings. The lowest BCUT2D eigenvalue weighted by molar-refractivity contribution is -0.117. The van der Waals surface area contributed by atoms with Crippen LogP contribution in [0.3, 0.4) is 0 Å². The van der Waals surface area contributed by atoms with Crippen LogP contribution < -0.4 is 5.32 Å². The van der Waals surface area contributed by atoms with Crippen molar-refractivity contribution in [3.8, 4) is 0 Å². The summed E-state index contributed by atoms with van der Waals surface area (Å²) < 4.78 is 0.519. The lowest BCUT2D eigenvalue weighted by Gasteiger charge is -2.10. The average Bonchev–Trinajstić information content (AvgIpc) is 2.99. The Kier molecular flexibility index (Phi) is 3.43. The van der Waals surface area contributed by atoms with E-state index in [0.29, 0.717) is 16.1 Å². The number of carboxylic acid groups (broad SMARTS) is 1. The maximum absolute atomic E-state index is 11.8. The first-order valence-corrected chi connectivity index (χ1v) is 6.53. The van der Waals surface area contributed by atoms with Crippen LogP contribution in [0.15, 0.2) is 16.6 Å². The molecule has 1 aromatic carbocycles. The first-order chi connectivity index (χ1) is 8.40. The molecule has 1 amide bonds. The highest BCUT2D eigenvalue weighted by molar-refractivity contribution is 9.10. The highest BCUT2D eigenvalue weighted by atomic mass is 79.9. The van der Waals surface area contributed by atoms with Gasteiger partial charge in [-0.2, -0.15) is 0 Å². The Labute approximate surface area is 114 Å². The zero-order valence-electron chi connectivity index (χ0n) is 10.2. The van der Waals surface area contributed by atoms with E-state index in [1.165, 1.54) is 6.07 Å². The molecule has 1 saturated carbocycles. The Bertz CT molecular complexity index is 527. The maximum Gasteiger partial charge on any atom is 0.336 e. The summed E-state index contributed by atoms with van der Waals surface area (Å²) in [4.78, 5) is 22.9. The van der Waals surface area contributed by atoms with Crippen LogP contribution in [-0.2, 0) is 4.79 Å². The van der Waals surface area contributed by atoms with E-state index >= 15 is 0 Å². The average molecular weight is 312 g/mol. The Morgan fingerprint density at radius 1 is 1.44 bits per heavy atom. The van der Waals surface area contributed by atoms with Gasteiger partial charge >= 0.3 is 5.97 Å². The van der Waals surface area contributed by atoms with Gasteiger partial charge in [0.05, 0.1) is 5.56 Å². The molecule has 0 aromatic heterocycles. The fourth-order valence-corrected chi connectivity index (χ4v) is 2.51. The quantitative estimate of drug-likeness (QED) is 0.901. The fraction of sp³-hybridized carbons (Fsp3) is 0.385. The van der Waals surface area contributed by atoms with Crippen molar-refractivity contribution in [2.24, 2.45) is 11.8 Å². The van der Waals surface area contributed by atoms with E-state index in [4.69, 9.17) is 5.11 Å². The highest BCUT2D eigenvalue weighted by Crippen LogP contribution is 2.38. The van der Waals surface area contributed by atoms with E-state index in [9.17, 15) is 9.59 Å². The molecule has 0 spiro atoms. The Hall–Kier alpha value is -1.36. The van der Waals surface area contributed by atoms with E-state index < -0.39 is 5.97 Å². The van der Waals surface area contributed by atoms with Crippen molar-refractivity contribution in [1.29, 1.82) is 0 Å². The molecule has 4 nitrogen and oxygen atoms in total. The molecule has 0 saturated heterocycles. The van der Waals surface area contributed by atoms with E-state index in [1.54, 1.807) is 6.07 Å². The third-order valence-electron chi connectivity index (χ3n) is 3.25. The van der Waals surface area contributed by atoms with Crippen LogP contribution in [0, 0.1) is 18.8 Å². The van der Waals surface area contributed by atoms with Gasteiger partial charge in [-0.15, -0.1) is 0 Å². The third-order valence-corrected chi connectivity index (χ3v) is 3.90. The van der Waals surface area contributed by atoms with Crippen molar-refractivity contribution in [3.63, 3.8) is 0 Å². The van der Waals surface area contributed by atoms with Crippen LogP contribution in [-0.4, -0.2) is 17.0 Å². The first-order valence-electron chi connectivity index (χ1n) is 5.74. The number of rotatable bonds is 3. The number of halogens is 1. The Morgan fingerprint density at radius 3 is 2.56 bits per heavy atom. The van der Waals surface area contributed by atoms with Crippen LogP contribution in [0.4, 0.5) is 5.69 Å². The molecule has 0 heterocycles. The number of nitrogens with one attached hydrogen (secondary N) is 1. The summed E-state index contributed by atoms with van der Waals surface area (Å²) in [6.07, 6.45) is 0.910. The third kappa shape index (κ3) is 2.56. The normalized spacial score (nSPS) is 21.5. The molecule has 0 radical (unpaired) electrons. The number of carbonyl (C=O) groups is 2. The van der Waals surface area contributed by atoms with Gasteiger partial charge in [0.25, 0.3) is 0 Å². The van der Waals surface area contributed by atoms with Crippen LogP contribution in [0.25, 0.3) is 0 Å². The Morgan fingerprint density at radius 2 is 2.06 bits per heavy atom. The standard InChI is InChI=1S/C13H14BrNO3/c1-6-3-8(6)12(16)15-11-5-9(13(17)18)10(14)4-7(11)2/h4-6,8H,3H2,1-2H3,(H,15,16)(H,17,18)/t6-,8+/m0/s1. The maximum atomic E-state index is 11.8. The molecule has 0 bridgehead atoms. The van der Waals surface area contributed by atoms with Crippen molar-refractivity contribution >= 4 is 33.5 Å². The smallest absolute Gasteiger partial charge is 0.336 e. The molecule has 1 fully saturated rings. The number of amides is 1. The van der Waals surface area contributed by atoms with Crippen molar-refractivity contribution in [3.05, 3.63) is 27.7 Å². The molecule has 5 heteroatoms. The SMILES string of the molecule is Cc1cc(Br)c(C(=O)O)cc1NC(=O)[C@@H]1C[C@@H]1C. The number of aromatic carboxylic acids is 1. The molecule has 1 aliphatic carbocycles. The largest absolute Gasteiger partial charge is 0.478 e. The predicted octanol–water partition coefficient (Wildman–Crippen LogP) is 3.05. The number of carboxylic acids is 1. The van der Waals surface area contributed by atoms with Gasteiger partial charge < -0.3 is 10.4 Å². The summed E-state index contributed by atoms with van der Waals surface area (Å²) in [5.74, 6) is -0.539. The lowest BCUT2D eigenvalue weighted by Crippen LogP contribution is -2.16. The zero-order valence-corrected chi connectivity index (χ0v) is 11.7. The minimum atomic E-state index is -1.02. The van der Waals surface area contributed by atoms with Gasteiger partial charge in [0.1, 0.15) is 0 Å². The van der Waals surface area contributed by atoms with E-state index in [0.717, 1.165) is 12.0 Å². The molecule has 18 heavy (non-hydrogen) atoms. The highest BCUT2D eigenvalue weighted by Gasteiger charge is 2.39. The second-order valence-corrected chi connectivity index (χ2v) is 5.62. The number of anilines is 1. The molecule has 0 aliphatic heterocycles. The second-order valence-electron chi connectivity index (χ2n) is 4.76. The minimum absolute atomic E-state index is 0.0238. The second kappa shape index (κ2) is 4.72. The van der Waals surface area contributed by atoms with Crippen LogP contribution in [0.2, 0.25) is 0 Å². The molecule has 2 N–H and O–H groups in total. The summed E-state index contributed by atoms with van der Waals surface area (Å²) in [6.45, 7) is 3.86. The van der Waals surface area contributed by atoms with Gasteiger partial charge in [0.2, 0.25) is 5.91 Å². The van der Waals surface area contributed by atoms with Gasteiger partial charge in [0, 0.05) is 16.1 Å². The number of aryl methyl sites for hydroxylation is 1. The first kappa shape index (κ1) is 13.1. The van der Waals surface area contributed by atoms with Gasteiger partial charge in [-0.1, -0.05) is 6.92 Å². The molecule has 96 valence electrons. The fourth-order valence-electron chi connectivity index (χ4n) is 1.88. The summed E-state index contributed by atoms with van der Waals surface area (Å²) in [5.41, 5.74) is 1.56. The van der Waals surface area contributed by atoms with Crippen LogP contribution >= 0.6 is 15.9 Å². The van der Waals surface area contributed by atoms with Gasteiger partial charge in [0.15, 0.2) is 0 Å². The number of carbonyl (C=O) groups excluding carboxylic acids is 1. The number of hydrogen-bond donors (Lipinski definition) is 2. The zero-order chi connectivity index (χ0) is 13.4. The van der Waals surface area contributed by atoms with Crippen molar-refractivity contribution in [1.82, 2.24) is 0 Å². The summed E-state index contributed by atoms with van der Waals surface area (Å²) >= 11 is 3.21. The van der Waals surface area contributed by atoms with E-state index in [2.05, 4.69) is 21.2 Å². The Balaban J connectivity index is 2.24. The molecule has 2 rings (SSSR count).